The molecule has 0 spiro atoms. The molecular weight excluding hydrogens is 134 g/mol. The second kappa shape index (κ2) is 3.14. The standard InChI is InChI=1S/C10H19N/c1-8-3-2-4-9-5-6-11-7-10(8)9/h8-11H,2-7H2,1H3. The average molecular weight is 153 g/mol. The molecular formula is C10H19N. The molecule has 1 heterocycles. The topological polar surface area (TPSA) is 12.0 Å². The molecule has 3 unspecified atom stereocenters. The highest BCUT2D eigenvalue weighted by Gasteiger charge is 2.31. The van der Waals surface area contributed by atoms with Crippen molar-refractivity contribution in [2.24, 2.45) is 17.8 Å². The summed E-state index contributed by atoms with van der Waals surface area (Å²) in [5, 5.41) is 3.51. The van der Waals surface area contributed by atoms with Gasteiger partial charge in [-0.05, 0) is 37.3 Å². The summed E-state index contributed by atoms with van der Waals surface area (Å²) in [6, 6.07) is 0. The van der Waals surface area contributed by atoms with Crippen molar-refractivity contribution in [2.75, 3.05) is 13.1 Å². The van der Waals surface area contributed by atoms with E-state index in [9.17, 15) is 0 Å². The second-order valence-corrected chi connectivity index (χ2v) is 4.32. The molecule has 1 saturated carbocycles. The van der Waals surface area contributed by atoms with Crippen LogP contribution < -0.4 is 5.32 Å². The van der Waals surface area contributed by atoms with Crippen molar-refractivity contribution < 1.29 is 0 Å². The molecule has 1 heteroatoms. The number of fused-ring (bicyclic) bond motifs is 1. The Labute approximate surface area is 69.6 Å². The summed E-state index contributed by atoms with van der Waals surface area (Å²) in [5.74, 6) is 3.07. The maximum absolute atomic E-state index is 3.51. The molecule has 2 aliphatic rings. The third-order valence-electron chi connectivity index (χ3n) is 3.64. The van der Waals surface area contributed by atoms with Gasteiger partial charge in [0, 0.05) is 0 Å². The Morgan fingerprint density at radius 1 is 1.18 bits per heavy atom. The van der Waals surface area contributed by atoms with Gasteiger partial charge in [-0.1, -0.05) is 26.2 Å². The highest BCUT2D eigenvalue weighted by molar-refractivity contribution is 4.84. The van der Waals surface area contributed by atoms with Crippen LogP contribution >= 0.6 is 0 Å². The molecule has 2 rings (SSSR count). The van der Waals surface area contributed by atoms with Gasteiger partial charge in [-0.15, -0.1) is 0 Å². The van der Waals surface area contributed by atoms with Crippen LogP contribution in [-0.2, 0) is 0 Å². The fourth-order valence-electron chi connectivity index (χ4n) is 2.88. The summed E-state index contributed by atoms with van der Waals surface area (Å²) in [4.78, 5) is 0. The molecule has 2 fully saturated rings. The predicted molar refractivity (Wildman–Crippen MR) is 47.5 cm³/mol. The Kier molecular flexibility index (Phi) is 2.17. The normalized spacial score (nSPS) is 45.0. The summed E-state index contributed by atoms with van der Waals surface area (Å²) in [6.45, 7) is 5.00. The van der Waals surface area contributed by atoms with Crippen LogP contribution in [0.4, 0.5) is 0 Å². The number of hydrogen-bond acceptors (Lipinski definition) is 1. The van der Waals surface area contributed by atoms with Crippen molar-refractivity contribution in [2.45, 2.75) is 32.6 Å². The number of nitrogens with one attached hydrogen (secondary N) is 1. The largest absolute Gasteiger partial charge is 0.316 e. The van der Waals surface area contributed by atoms with Crippen molar-refractivity contribution in [3.05, 3.63) is 0 Å². The summed E-state index contributed by atoms with van der Waals surface area (Å²) in [5.41, 5.74) is 0. The summed E-state index contributed by atoms with van der Waals surface area (Å²) in [7, 11) is 0. The second-order valence-electron chi connectivity index (χ2n) is 4.32. The lowest BCUT2D eigenvalue weighted by atomic mass is 9.70. The third kappa shape index (κ3) is 1.44. The van der Waals surface area contributed by atoms with Gasteiger partial charge in [0.15, 0.2) is 0 Å². The van der Waals surface area contributed by atoms with Crippen LogP contribution in [0, 0.1) is 17.8 Å². The van der Waals surface area contributed by atoms with Gasteiger partial charge in [-0.25, -0.2) is 0 Å². The summed E-state index contributed by atoms with van der Waals surface area (Å²) < 4.78 is 0. The zero-order valence-electron chi connectivity index (χ0n) is 7.47. The quantitative estimate of drug-likeness (QED) is 0.561. The molecule has 1 aliphatic carbocycles. The molecule has 0 radical (unpaired) electrons. The first-order chi connectivity index (χ1) is 5.38. The van der Waals surface area contributed by atoms with Gasteiger partial charge in [0.05, 0.1) is 0 Å². The zero-order valence-corrected chi connectivity index (χ0v) is 7.47. The molecule has 1 saturated heterocycles. The Morgan fingerprint density at radius 2 is 2.09 bits per heavy atom. The van der Waals surface area contributed by atoms with Gasteiger partial charge >= 0.3 is 0 Å². The molecule has 11 heavy (non-hydrogen) atoms. The Bertz CT molecular complexity index is 131. The highest BCUT2D eigenvalue weighted by atomic mass is 14.9. The Hall–Kier alpha value is -0.0400. The summed E-state index contributed by atoms with van der Waals surface area (Å²) >= 11 is 0. The smallest absolute Gasteiger partial charge is 0.00153 e. The van der Waals surface area contributed by atoms with Crippen LogP contribution in [-0.4, -0.2) is 13.1 Å². The van der Waals surface area contributed by atoms with E-state index >= 15 is 0 Å². The molecule has 0 amide bonds. The lowest BCUT2D eigenvalue weighted by molar-refractivity contribution is 0.127. The van der Waals surface area contributed by atoms with Crippen molar-refractivity contribution in [1.82, 2.24) is 5.32 Å². The molecule has 0 aromatic carbocycles. The number of piperidine rings is 1. The Balaban J connectivity index is 1.99. The van der Waals surface area contributed by atoms with Crippen molar-refractivity contribution in [1.29, 1.82) is 0 Å². The average Bonchev–Trinajstić information content (AvgIpc) is 2.06. The highest BCUT2D eigenvalue weighted by Crippen LogP contribution is 2.37. The molecule has 0 aromatic heterocycles. The minimum atomic E-state index is 0.988. The molecule has 1 nitrogen and oxygen atoms in total. The fourth-order valence-corrected chi connectivity index (χ4v) is 2.88. The molecule has 0 bridgehead atoms. The number of hydrogen-bond donors (Lipinski definition) is 1. The summed E-state index contributed by atoms with van der Waals surface area (Å²) in [6.07, 6.45) is 5.91. The van der Waals surface area contributed by atoms with Gasteiger partial charge in [0.25, 0.3) is 0 Å². The molecule has 64 valence electrons. The lowest BCUT2D eigenvalue weighted by Crippen LogP contribution is -2.41. The minimum Gasteiger partial charge on any atom is -0.316 e. The van der Waals surface area contributed by atoms with Gasteiger partial charge in [-0.2, -0.15) is 0 Å². The Morgan fingerprint density at radius 3 is 2.91 bits per heavy atom. The fraction of sp³-hybridized carbons (Fsp3) is 1.00. The van der Waals surface area contributed by atoms with Crippen LogP contribution in [0.25, 0.3) is 0 Å². The minimum absolute atomic E-state index is 0.988. The van der Waals surface area contributed by atoms with Crippen LogP contribution in [0.3, 0.4) is 0 Å². The van der Waals surface area contributed by atoms with E-state index in [1.165, 1.54) is 38.8 Å². The number of rotatable bonds is 0. The van der Waals surface area contributed by atoms with E-state index in [1.807, 2.05) is 0 Å². The zero-order chi connectivity index (χ0) is 7.68. The van der Waals surface area contributed by atoms with E-state index in [-0.39, 0.29) is 0 Å². The first kappa shape index (κ1) is 7.60. The van der Waals surface area contributed by atoms with Crippen LogP contribution in [0.5, 0.6) is 0 Å². The first-order valence-corrected chi connectivity index (χ1v) is 5.08. The van der Waals surface area contributed by atoms with Crippen molar-refractivity contribution >= 4 is 0 Å². The predicted octanol–water partition coefficient (Wildman–Crippen LogP) is 2.03. The van der Waals surface area contributed by atoms with Crippen LogP contribution in [0.2, 0.25) is 0 Å². The van der Waals surface area contributed by atoms with E-state index in [0.29, 0.717) is 0 Å². The molecule has 3 atom stereocenters. The molecule has 1 aliphatic heterocycles. The van der Waals surface area contributed by atoms with E-state index in [0.717, 1.165) is 17.8 Å². The van der Waals surface area contributed by atoms with Crippen LogP contribution in [0.1, 0.15) is 32.6 Å². The van der Waals surface area contributed by atoms with Crippen molar-refractivity contribution in [3.8, 4) is 0 Å². The van der Waals surface area contributed by atoms with Crippen LogP contribution in [0.15, 0.2) is 0 Å². The van der Waals surface area contributed by atoms with Crippen molar-refractivity contribution in [3.63, 3.8) is 0 Å². The lowest BCUT2D eigenvalue weighted by Gasteiger charge is -2.40. The van der Waals surface area contributed by atoms with Gasteiger partial charge in [0.2, 0.25) is 0 Å². The van der Waals surface area contributed by atoms with Gasteiger partial charge in [-0.3, -0.25) is 0 Å². The maximum Gasteiger partial charge on any atom is -0.00153 e. The maximum atomic E-state index is 3.51. The molecule has 0 aromatic rings. The third-order valence-corrected chi connectivity index (χ3v) is 3.64. The molecule has 1 N–H and O–H groups in total. The SMILES string of the molecule is CC1CCCC2CCNCC12. The first-order valence-electron chi connectivity index (χ1n) is 5.08. The van der Waals surface area contributed by atoms with Gasteiger partial charge in [0.1, 0.15) is 0 Å². The van der Waals surface area contributed by atoms with E-state index < -0.39 is 0 Å². The van der Waals surface area contributed by atoms with Gasteiger partial charge < -0.3 is 5.32 Å². The van der Waals surface area contributed by atoms with E-state index in [2.05, 4.69) is 12.2 Å². The van der Waals surface area contributed by atoms with E-state index in [1.54, 1.807) is 0 Å². The van der Waals surface area contributed by atoms with E-state index in [4.69, 9.17) is 0 Å². The monoisotopic (exact) mass is 153 g/mol.